The Balaban J connectivity index is 1.10. The van der Waals surface area contributed by atoms with Crippen molar-refractivity contribution in [1.29, 1.82) is 0 Å². The van der Waals surface area contributed by atoms with Crippen LogP contribution in [0.4, 0.5) is 0 Å². The quantitative estimate of drug-likeness (QED) is 0.0732. The van der Waals surface area contributed by atoms with Gasteiger partial charge in [-0.3, -0.25) is 9.59 Å². The minimum Gasteiger partial charge on any atom is -0.456 e. The van der Waals surface area contributed by atoms with Crippen molar-refractivity contribution < 1.29 is 18.4 Å². The number of aryl methyl sites for hydroxylation is 2. The molecule has 4 heteroatoms. The minimum atomic E-state index is 0.673. The van der Waals surface area contributed by atoms with E-state index in [1.54, 1.807) is 0 Å². The maximum atomic E-state index is 11.0. The van der Waals surface area contributed by atoms with Crippen LogP contribution in [0.5, 0.6) is 0 Å². The van der Waals surface area contributed by atoms with Gasteiger partial charge in [0.25, 0.3) is 0 Å². The van der Waals surface area contributed by atoms with E-state index in [-0.39, 0.29) is 0 Å². The summed E-state index contributed by atoms with van der Waals surface area (Å²) in [4.78, 5) is 21.9. The van der Waals surface area contributed by atoms with Crippen LogP contribution in [0, 0.1) is 0 Å². The average Bonchev–Trinajstić information content (AvgIpc) is 3.89. The van der Waals surface area contributed by atoms with Gasteiger partial charge in [-0.05, 0) is 71.2 Å². The summed E-state index contributed by atoms with van der Waals surface area (Å²) in [6.45, 7) is 4.44. The molecule has 0 N–H and O–H groups in total. The zero-order chi connectivity index (χ0) is 38.7. The first-order chi connectivity index (χ1) is 27.5. The van der Waals surface area contributed by atoms with Crippen LogP contribution in [0.25, 0.3) is 69.6 Å². The van der Waals surface area contributed by atoms with Crippen LogP contribution in [-0.4, -0.2) is 12.6 Å². The topological polar surface area (TPSA) is 60.4 Å². The second-order valence-corrected chi connectivity index (χ2v) is 14.2. The minimum absolute atomic E-state index is 0.673. The number of rotatable bonds is 16. The number of benzene rings is 5. The Morgan fingerprint density at radius 1 is 0.393 bits per heavy atom. The second-order valence-electron chi connectivity index (χ2n) is 14.2. The summed E-state index contributed by atoms with van der Waals surface area (Å²) in [6.07, 6.45) is 16.3. The molecule has 0 radical (unpaired) electrons. The van der Waals surface area contributed by atoms with E-state index < -0.39 is 0 Å². The van der Waals surface area contributed by atoms with Crippen molar-refractivity contribution in [2.75, 3.05) is 0 Å². The molecule has 7 aromatic rings. The van der Waals surface area contributed by atoms with Crippen molar-refractivity contribution in [3.05, 3.63) is 178 Å². The first-order valence-corrected chi connectivity index (χ1v) is 19.6. The van der Waals surface area contributed by atoms with Crippen molar-refractivity contribution in [3.8, 4) is 45.3 Å². The Morgan fingerprint density at radius 3 is 0.982 bits per heavy atom. The third-order valence-electron chi connectivity index (χ3n) is 10.1. The fourth-order valence-corrected chi connectivity index (χ4v) is 6.78. The van der Waals surface area contributed by atoms with E-state index >= 15 is 0 Å². The van der Waals surface area contributed by atoms with Crippen molar-refractivity contribution in [2.45, 2.75) is 52.4 Å². The number of furan rings is 2. The monoisotopic (exact) mass is 734 g/mol. The predicted molar refractivity (Wildman–Crippen MR) is 231 cm³/mol. The van der Waals surface area contributed by atoms with Gasteiger partial charge in [-0.1, -0.05) is 172 Å². The van der Waals surface area contributed by atoms with Crippen LogP contribution in [0.15, 0.2) is 142 Å². The molecule has 0 spiro atoms. The van der Waals surface area contributed by atoms with Gasteiger partial charge in [0.05, 0.1) is 0 Å². The lowest BCUT2D eigenvalue weighted by Gasteiger charge is -2.06. The van der Waals surface area contributed by atoms with Crippen molar-refractivity contribution in [3.63, 3.8) is 0 Å². The zero-order valence-corrected chi connectivity index (χ0v) is 32.0. The van der Waals surface area contributed by atoms with Crippen LogP contribution in [-0.2, 0) is 12.8 Å². The lowest BCUT2D eigenvalue weighted by molar-refractivity contribution is 0.111. The number of hydrogen-bond donors (Lipinski definition) is 0. The van der Waals surface area contributed by atoms with Gasteiger partial charge in [-0.15, -0.1) is 0 Å². The standard InChI is InChI=1S/C52H46O4/c1-3-5-7-47-33-49(43-25-21-39(22-26-43)11-9-37-13-17-41(35-53)18-14-37)55-51(47)45-29-31-46(32-30-45)52-48(8-6-4-2)34-50(56-52)44-27-23-40(24-28-44)12-10-38-15-19-42(36-54)20-16-38/h9-36H,3-8H2,1-2H3/b11-9+,12-10+. The van der Waals surface area contributed by atoms with Crippen LogP contribution in [0.1, 0.15) is 93.6 Å². The van der Waals surface area contributed by atoms with E-state index in [0.29, 0.717) is 11.1 Å². The molecule has 7 rings (SSSR count). The van der Waals surface area contributed by atoms with E-state index in [2.05, 4.69) is 123 Å². The molecule has 0 bridgehead atoms. The first kappa shape index (κ1) is 37.8. The Kier molecular flexibility index (Phi) is 12.3. The maximum Gasteiger partial charge on any atom is 0.150 e. The molecule has 278 valence electrons. The van der Waals surface area contributed by atoms with E-state index in [4.69, 9.17) is 8.83 Å². The number of hydrogen-bond acceptors (Lipinski definition) is 4. The Bertz CT molecular complexity index is 2240. The summed E-state index contributed by atoms with van der Waals surface area (Å²) in [5, 5.41) is 0. The molecule has 0 unspecified atom stereocenters. The summed E-state index contributed by atoms with van der Waals surface area (Å²) in [5.41, 5.74) is 12.2. The largest absolute Gasteiger partial charge is 0.456 e. The van der Waals surface area contributed by atoms with Gasteiger partial charge < -0.3 is 8.83 Å². The molecule has 0 aliphatic carbocycles. The number of carbonyl (C=O) groups excluding carboxylic acids is 2. The third-order valence-corrected chi connectivity index (χ3v) is 10.1. The molecule has 2 heterocycles. The van der Waals surface area contributed by atoms with Crippen LogP contribution < -0.4 is 0 Å². The molecule has 0 fully saturated rings. The first-order valence-electron chi connectivity index (χ1n) is 19.6. The predicted octanol–water partition coefficient (Wildman–Crippen LogP) is 14.2. The molecule has 0 aliphatic rings. The smallest absolute Gasteiger partial charge is 0.150 e. The molecule has 0 saturated carbocycles. The van der Waals surface area contributed by atoms with Gasteiger partial charge >= 0.3 is 0 Å². The van der Waals surface area contributed by atoms with Gasteiger partial charge in [0.15, 0.2) is 0 Å². The van der Waals surface area contributed by atoms with E-state index in [9.17, 15) is 9.59 Å². The summed E-state index contributed by atoms with van der Waals surface area (Å²) in [6, 6.07) is 45.0. The van der Waals surface area contributed by atoms with E-state index in [1.807, 2.05) is 48.5 Å². The molecular weight excluding hydrogens is 689 g/mol. The molecule has 4 nitrogen and oxygen atoms in total. The molecule has 5 aromatic carbocycles. The summed E-state index contributed by atoms with van der Waals surface area (Å²) < 4.78 is 13.3. The lowest BCUT2D eigenvalue weighted by atomic mass is 9.99. The molecule has 0 amide bonds. The number of carbonyl (C=O) groups is 2. The highest BCUT2D eigenvalue weighted by atomic mass is 16.3. The highest BCUT2D eigenvalue weighted by Gasteiger charge is 2.18. The number of unbranched alkanes of at least 4 members (excludes halogenated alkanes) is 2. The SMILES string of the molecule is CCCCc1cc(-c2ccc(/C=C/c3ccc(C=O)cc3)cc2)oc1-c1ccc(-c2oc(-c3ccc(/C=C/c4ccc(C=O)cc4)cc3)cc2CCCC)cc1. The highest BCUT2D eigenvalue weighted by Crippen LogP contribution is 2.38. The highest BCUT2D eigenvalue weighted by molar-refractivity contribution is 5.79. The molecule has 2 aromatic heterocycles. The number of aldehydes is 2. The second kappa shape index (κ2) is 18.2. The fraction of sp³-hybridized carbons (Fsp3) is 0.154. The zero-order valence-electron chi connectivity index (χ0n) is 32.0. The Labute approximate surface area is 329 Å². The van der Waals surface area contributed by atoms with Gasteiger partial charge in [-0.2, -0.15) is 0 Å². The Morgan fingerprint density at radius 2 is 0.679 bits per heavy atom. The third kappa shape index (κ3) is 9.22. The molecule has 0 saturated heterocycles. The van der Waals surface area contributed by atoms with Gasteiger partial charge in [0.1, 0.15) is 35.6 Å². The van der Waals surface area contributed by atoms with Crippen molar-refractivity contribution in [1.82, 2.24) is 0 Å². The summed E-state index contributed by atoms with van der Waals surface area (Å²) in [5.74, 6) is 3.56. The van der Waals surface area contributed by atoms with E-state index in [0.717, 1.165) is 119 Å². The Hall–Kier alpha value is -6.52. The summed E-state index contributed by atoms with van der Waals surface area (Å²) in [7, 11) is 0. The van der Waals surface area contributed by atoms with Gasteiger partial charge in [0, 0.05) is 33.4 Å². The lowest BCUT2D eigenvalue weighted by Crippen LogP contribution is -1.87. The normalized spacial score (nSPS) is 11.5. The van der Waals surface area contributed by atoms with E-state index in [1.165, 1.54) is 11.1 Å². The van der Waals surface area contributed by atoms with Crippen molar-refractivity contribution in [2.24, 2.45) is 0 Å². The molecule has 0 atom stereocenters. The van der Waals surface area contributed by atoms with Crippen LogP contribution in [0.3, 0.4) is 0 Å². The molecule has 0 aliphatic heterocycles. The molecule has 56 heavy (non-hydrogen) atoms. The van der Waals surface area contributed by atoms with Gasteiger partial charge in [-0.25, -0.2) is 0 Å². The van der Waals surface area contributed by atoms with Crippen molar-refractivity contribution >= 4 is 36.9 Å². The van der Waals surface area contributed by atoms with Crippen LogP contribution in [0.2, 0.25) is 0 Å². The maximum absolute atomic E-state index is 11.0. The summed E-state index contributed by atoms with van der Waals surface area (Å²) >= 11 is 0. The van der Waals surface area contributed by atoms with Gasteiger partial charge in [0.2, 0.25) is 0 Å². The fourth-order valence-electron chi connectivity index (χ4n) is 6.78. The van der Waals surface area contributed by atoms with Crippen LogP contribution >= 0.6 is 0 Å². The average molecular weight is 735 g/mol. The molecular formula is C52H46O4.